The van der Waals surface area contributed by atoms with Gasteiger partial charge in [-0.25, -0.2) is 0 Å². The molecule has 1 amide bonds. The molecule has 1 fully saturated rings. The minimum atomic E-state index is -0.0547. The SMILES string of the molecule is CCC(C(=O)N1CCN(c2ccc(N(CC)CC)nn2)CC1)c1ccccc1. The minimum absolute atomic E-state index is 0.0547. The van der Waals surface area contributed by atoms with Gasteiger partial charge in [-0.3, -0.25) is 4.79 Å². The summed E-state index contributed by atoms with van der Waals surface area (Å²) in [4.78, 5) is 19.4. The summed E-state index contributed by atoms with van der Waals surface area (Å²) in [5, 5.41) is 8.80. The number of amides is 1. The van der Waals surface area contributed by atoms with Gasteiger partial charge in [-0.05, 0) is 38.0 Å². The molecule has 2 aromatic rings. The number of benzene rings is 1. The number of hydrogen-bond donors (Lipinski definition) is 0. The van der Waals surface area contributed by atoms with Gasteiger partial charge in [-0.2, -0.15) is 0 Å². The van der Waals surface area contributed by atoms with Crippen LogP contribution in [0.2, 0.25) is 0 Å². The summed E-state index contributed by atoms with van der Waals surface area (Å²) in [7, 11) is 0. The van der Waals surface area contributed by atoms with Gasteiger partial charge in [-0.1, -0.05) is 37.3 Å². The van der Waals surface area contributed by atoms with Gasteiger partial charge in [-0.15, -0.1) is 10.2 Å². The second-order valence-electron chi connectivity index (χ2n) is 7.11. The van der Waals surface area contributed by atoms with Crippen LogP contribution in [0, 0.1) is 0 Å². The molecule has 0 aliphatic carbocycles. The zero-order valence-corrected chi connectivity index (χ0v) is 17.2. The van der Waals surface area contributed by atoms with Crippen LogP contribution in [0.3, 0.4) is 0 Å². The van der Waals surface area contributed by atoms with Gasteiger partial charge in [0.05, 0.1) is 5.92 Å². The van der Waals surface area contributed by atoms with E-state index in [0.29, 0.717) is 0 Å². The summed E-state index contributed by atoms with van der Waals surface area (Å²) in [6.45, 7) is 11.2. The third-order valence-corrected chi connectivity index (χ3v) is 5.55. The van der Waals surface area contributed by atoms with Crippen LogP contribution in [0.25, 0.3) is 0 Å². The van der Waals surface area contributed by atoms with Gasteiger partial charge >= 0.3 is 0 Å². The first-order chi connectivity index (χ1) is 13.7. The van der Waals surface area contributed by atoms with Crippen molar-refractivity contribution < 1.29 is 4.79 Å². The molecule has 0 saturated carbocycles. The summed E-state index contributed by atoms with van der Waals surface area (Å²) < 4.78 is 0. The third-order valence-electron chi connectivity index (χ3n) is 5.55. The van der Waals surface area contributed by atoms with Gasteiger partial charge in [0.1, 0.15) is 0 Å². The highest BCUT2D eigenvalue weighted by atomic mass is 16.2. The molecule has 1 aliphatic rings. The van der Waals surface area contributed by atoms with E-state index in [4.69, 9.17) is 0 Å². The van der Waals surface area contributed by atoms with E-state index in [1.165, 1.54) is 0 Å². The van der Waals surface area contributed by atoms with Crippen molar-refractivity contribution in [2.24, 2.45) is 0 Å². The zero-order chi connectivity index (χ0) is 19.9. The largest absolute Gasteiger partial charge is 0.356 e. The van der Waals surface area contributed by atoms with Crippen molar-refractivity contribution in [2.45, 2.75) is 33.1 Å². The lowest BCUT2D eigenvalue weighted by atomic mass is 9.95. The lowest BCUT2D eigenvalue weighted by Crippen LogP contribution is -2.50. The van der Waals surface area contributed by atoms with Gasteiger partial charge in [0.15, 0.2) is 11.6 Å². The predicted molar refractivity (Wildman–Crippen MR) is 114 cm³/mol. The fraction of sp³-hybridized carbons (Fsp3) is 0.500. The van der Waals surface area contributed by atoms with Crippen molar-refractivity contribution in [3.63, 3.8) is 0 Å². The zero-order valence-electron chi connectivity index (χ0n) is 17.2. The van der Waals surface area contributed by atoms with Crippen LogP contribution in [-0.4, -0.2) is 60.3 Å². The first-order valence-corrected chi connectivity index (χ1v) is 10.3. The molecule has 150 valence electrons. The number of nitrogens with zero attached hydrogens (tertiary/aromatic N) is 5. The quantitative estimate of drug-likeness (QED) is 0.737. The summed E-state index contributed by atoms with van der Waals surface area (Å²) in [6.07, 6.45) is 0.821. The van der Waals surface area contributed by atoms with Crippen LogP contribution < -0.4 is 9.80 Å². The average molecular weight is 382 g/mol. The van der Waals surface area contributed by atoms with Crippen LogP contribution in [0.4, 0.5) is 11.6 Å². The highest BCUT2D eigenvalue weighted by molar-refractivity contribution is 5.84. The highest BCUT2D eigenvalue weighted by Crippen LogP contribution is 2.23. The second kappa shape index (κ2) is 9.53. The Morgan fingerprint density at radius 2 is 1.64 bits per heavy atom. The Bertz CT molecular complexity index is 737. The first kappa shape index (κ1) is 20.1. The van der Waals surface area contributed by atoms with E-state index in [0.717, 1.165) is 62.9 Å². The summed E-state index contributed by atoms with van der Waals surface area (Å²) in [5.74, 6) is 1.98. The third kappa shape index (κ3) is 4.43. The molecule has 28 heavy (non-hydrogen) atoms. The van der Waals surface area contributed by atoms with Gasteiger partial charge in [0.2, 0.25) is 5.91 Å². The van der Waals surface area contributed by atoms with E-state index in [1.54, 1.807) is 0 Å². The lowest BCUT2D eigenvalue weighted by Gasteiger charge is -2.37. The van der Waals surface area contributed by atoms with E-state index >= 15 is 0 Å². The molecule has 1 aliphatic heterocycles. The lowest BCUT2D eigenvalue weighted by molar-refractivity contribution is -0.133. The molecule has 1 atom stereocenters. The van der Waals surface area contributed by atoms with Crippen molar-refractivity contribution in [3.05, 3.63) is 48.0 Å². The number of hydrogen-bond acceptors (Lipinski definition) is 5. The summed E-state index contributed by atoms with van der Waals surface area (Å²) in [5.41, 5.74) is 1.11. The fourth-order valence-corrected chi connectivity index (χ4v) is 3.82. The van der Waals surface area contributed by atoms with E-state index in [9.17, 15) is 4.79 Å². The maximum absolute atomic E-state index is 13.0. The second-order valence-corrected chi connectivity index (χ2v) is 7.11. The fourth-order valence-electron chi connectivity index (χ4n) is 3.82. The van der Waals surface area contributed by atoms with Crippen LogP contribution in [0.1, 0.15) is 38.7 Å². The Labute approximate surface area is 168 Å². The summed E-state index contributed by atoms with van der Waals surface area (Å²) in [6, 6.07) is 14.2. The van der Waals surface area contributed by atoms with E-state index in [1.807, 2.05) is 35.2 Å². The van der Waals surface area contributed by atoms with E-state index in [-0.39, 0.29) is 11.8 Å². The van der Waals surface area contributed by atoms with Crippen molar-refractivity contribution in [2.75, 3.05) is 49.1 Å². The number of carbonyl (C=O) groups excluding carboxylic acids is 1. The molecule has 6 heteroatoms. The number of anilines is 2. The molecule has 0 spiro atoms. The monoisotopic (exact) mass is 381 g/mol. The molecule has 2 heterocycles. The van der Waals surface area contributed by atoms with E-state index < -0.39 is 0 Å². The smallest absolute Gasteiger partial charge is 0.230 e. The standard InChI is InChI=1S/C22H31N5O/c1-4-19(18-10-8-7-9-11-18)22(28)27-16-14-26(15-17-27)21-13-12-20(23-24-21)25(5-2)6-3/h7-13,19H,4-6,14-17H2,1-3H3. The van der Waals surface area contributed by atoms with Gasteiger partial charge < -0.3 is 14.7 Å². The van der Waals surface area contributed by atoms with Crippen LogP contribution in [0.15, 0.2) is 42.5 Å². The molecule has 3 rings (SSSR count). The molecule has 1 aromatic heterocycles. The Balaban J connectivity index is 1.60. The summed E-state index contributed by atoms with van der Waals surface area (Å²) >= 11 is 0. The Morgan fingerprint density at radius 3 is 2.18 bits per heavy atom. The number of carbonyl (C=O) groups is 1. The van der Waals surface area contributed by atoms with Gasteiger partial charge in [0.25, 0.3) is 0 Å². The Morgan fingerprint density at radius 1 is 0.964 bits per heavy atom. The van der Waals surface area contributed by atoms with Crippen LogP contribution in [-0.2, 0) is 4.79 Å². The van der Waals surface area contributed by atoms with Crippen LogP contribution >= 0.6 is 0 Å². The average Bonchev–Trinajstić information content (AvgIpc) is 2.76. The predicted octanol–water partition coefficient (Wildman–Crippen LogP) is 3.17. The molecular formula is C22H31N5O. The van der Waals surface area contributed by atoms with Crippen molar-refractivity contribution in [3.8, 4) is 0 Å². The number of rotatable bonds is 7. The van der Waals surface area contributed by atoms with Crippen molar-refractivity contribution >= 4 is 17.5 Å². The Kier molecular flexibility index (Phi) is 6.85. The number of aromatic nitrogens is 2. The molecule has 1 saturated heterocycles. The maximum atomic E-state index is 13.0. The van der Waals surface area contributed by atoms with Crippen molar-refractivity contribution in [1.29, 1.82) is 0 Å². The minimum Gasteiger partial charge on any atom is -0.356 e. The normalized spacial score (nSPS) is 15.4. The first-order valence-electron chi connectivity index (χ1n) is 10.3. The molecule has 1 aromatic carbocycles. The number of piperazine rings is 1. The van der Waals surface area contributed by atoms with Crippen molar-refractivity contribution in [1.82, 2.24) is 15.1 Å². The Hall–Kier alpha value is -2.63. The van der Waals surface area contributed by atoms with Crippen LogP contribution in [0.5, 0.6) is 0 Å². The molecule has 0 radical (unpaired) electrons. The van der Waals surface area contributed by atoms with E-state index in [2.05, 4.69) is 52.9 Å². The van der Waals surface area contributed by atoms with Gasteiger partial charge in [0, 0.05) is 39.3 Å². The molecule has 1 unspecified atom stereocenters. The molecular weight excluding hydrogens is 350 g/mol. The topological polar surface area (TPSA) is 52.6 Å². The molecule has 0 bridgehead atoms. The highest BCUT2D eigenvalue weighted by Gasteiger charge is 2.28. The molecule has 6 nitrogen and oxygen atoms in total. The maximum Gasteiger partial charge on any atom is 0.230 e. The molecule has 0 N–H and O–H groups in total.